The highest BCUT2D eigenvalue weighted by atomic mass is 16.6. The average Bonchev–Trinajstić information content (AvgIpc) is 2.66. The van der Waals surface area contributed by atoms with Crippen LogP contribution in [-0.4, -0.2) is 62.1 Å². The van der Waals surface area contributed by atoms with E-state index in [4.69, 9.17) is 18.9 Å². The van der Waals surface area contributed by atoms with E-state index in [1.54, 1.807) is 4.90 Å². The standard InChI is InChI=1S/C21H31NO6/c1-21(2,3)28-20(24)22-11-9-17(10-12-22)15-27-19(23)16-25-13-14-26-18-7-5-4-6-8-18/h4-8,17H,9-16H2,1-3H3. The molecular formula is C21H31NO6. The minimum atomic E-state index is -0.490. The van der Waals surface area contributed by atoms with Crippen molar-refractivity contribution in [2.45, 2.75) is 39.2 Å². The lowest BCUT2D eigenvalue weighted by molar-refractivity contribution is -0.151. The van der Waals surface area contributed by atoms with Crippen molar-refractivity contribution in [1.29, 1.82) is 0 Å². The van der Waals surface area contributed by atoms with Crippen molar-refractivity contribution in [3.8, 4) is 5.75 Å². The fourth-order valence-electron chi connectivity index (χ4n) is 2.75. The zero-order valence-electron chi connectivity index (χ0n) is 17.0. The number of ether oxygens (including phenoxy) is 4. The zero-order chi connectivity index (χ0) is 20.4. The number of esters is 1. The Kier molecular flexibility index (Phi) is 8.57. The fourth-order valence-corrected chi connectivity index (χ4v) is 2.75. The van der Waals surface area contributed by atoms with Crippen LogP contribution in [0.4, 0.5) is 4.79 Å². The lowest BCUT2D eigenvalue weighted by Crippen LogP contribution is -2.42. The SMILES string of the molecule is CC(C)(C)OC(=O)N1CCC(COC(=O)COCCOc2ccccc2)CC1. The van der Waals surface area contributed by atoms with Gasteiger partial charge in [-0.25, -0.2) is 9.59 Å². The molecule has 2 rings (SSSR count). The number of piperidine rings is 1. The summed E-state index contributed by atoms with van der Waals surface area (Å²) in [5.74, 6) is 0.643. The molecule has 0 unspecified atom stereocenters. The minimum absolute atomic E-state index is 0.0884. The highest BCUT2D eigenvalue weighted by Crippen LogP contribution is 2.20. The molecule has 28 heavy (non-hydrogen) atoms. The van der Waals surface area contributed by atoms with Crippen LogP contribution in [0.25, 0.3) is 0 Å². The number of hydrogen-bond donors (Lipinski definition) is 0. The molecule has 0 aromatic heterocycles. The van der Waals surface area contributed by atoms with Crippen LogP contribution in [0.5, 0.6) is 5.75 Å². The molecular weight excluding hydrogens is 362 g/mol. The highest BCUT2D eigenvalue weighted by molar-refractivity contribution is 5.70. The highest BCUT2D eigenvalue weighted by Gasteiger charge is 2.27. The first-order valence-corrected chi connectivity index (χ1v) is 9.72. The molecule has 0 N–H and O–H groups in total. The number of amides is 1. The van der Waals surface area contributed by atoms with Gasteiger partial charge in [0.1, 0.15) is 24.6 Å². The lowest BCUT2D eigenvalue weighted by Gasteiger charge is -2.33. The third-order valence-electron chi connectivity index (χ3n) is 4.21. The first-order valence-electron chi connectivity index (χ1n) is 9.72. The van der Waals surface area contributed by atoms with Gasteiger partial charge in [-0.3, -0.25) is 0 Å². The fraction of sp³-hybridized carbons (Fsp3) is 0.619. The first kappa shape index (κ1) is 22.0. The Morgan fingerprint density at radius 3 is 2.39 bits per heavy atom. The number of para-hydroxylation sites is 1. The second kappa shape index (κ2) is 10.9. The molecule has 1 heterocycles. The van der Waals surface area contributed by atoms with Gasteiger partial charge in [0.15, 0.2) is 0 Å². The monoisotopic (exact) mass is 393 g/mol. The second-order valence-corrected chi connectivity index (χ2v) is 7.81. The van der Waals surface area contributed by atoms with E-state index in [1.165, 1.54) is 0 Å². The van der Waals surface area contributed by atoms with Crippen molar-refractivity contribution in [1.82, 2.24) is 4.90 Å². The molecule has 0 atom stereocenters. The smallest absolute Gasteiger partial charge is 0.410 e. The summed E-state index contributed by atoms with van der Waals surface area (Å²) in [6, 6.07) is 9.43. The quantitative estimate of drug-likeness (QED) is 0.498. The maximum absolute atomic E-state index is 12.0. The third-order valence-corrected chi connectivity index (χ3v) is 4.21. The molecule has 0 spiro atoms. The largest absolute Gasteiger partial charge is 0.491 e. The molecule has 7 heteroatoms. The molecule has 1 aromatic rings. The summed E-state index contributed by atoms with van der Waals surface area (Å²) in [6.07, 6.45) is 1.30. The molecule has 1 fully saturated rings. The van der Waals surface area contributed by atoms with Crippen LogP contribution in [-0.2, 0) is 19.0 Å². The van der Waals surface area contributed by atoms with Gasteiger partial charge >= 0.3 is 12.1 Å². The van der Waals surface area contributed by atoms with Crippen molar-refractivity contribution in [2.24, 2.45) is 5.92 Å². The number of nitrogens with zero attached hydrogens (tertiary/aromatic N) is 1. The molecule has 0 saturated carbocycles. The molecule has 1 aliphatic rings. The van der Waals surface area contributed by atoms with E-state index < -0.39 is 5.60 Å². The van der Waals surface area contributed by atoms with Gasteiger partial charge in [0.2, 0.25) is 0 Å². The summed E-state index contributed by atoms with van der Waals surface area (Å²) in [6.45, 7) is 7.75. The maximum Gasteiger partial charge on any atom is 0.410 e. The second-order valence-electron chi connectivity index (χ2n) is 7.81. The normalized spacial score (nSPS) is 15.2. The molecule has 1 aromatic carbocycles. The average molecular weight is 393 g/mol. The molecule has 1 amide bonds. The summed E-state index contributed by atoms with van der Waals surface area (Å²) >= 11 is 0. The van der Waals surface area contributed by atoms with Gasteiger partial charge in [0.25, 0.3) is 0 Å². The van der Waals surface area contributed by atoms with E-state index in [2.05, 4.69) is 0 Å². The van der Waals surface area contributed by atoms with Gasteiger partial charge in [-0.15, -0.1) is 0 Å². The summed E-state index contributed by atoms with van der Waals surface area (Å²) in [5.41, 5.74) is -0.490. The summed E-state index contributed by atoms with van der Waals surface area (Å²) in [5, 5.41) is 0. The topological polar surface area (TPSA) is 74.3 Å². The zero-order valence-corrected chi connectivity index (χ0v) is 17.0. The van der Waals surface area contributed by atoms with E-state index in [9.17, 15) is 9.59 Å². The van der Waals surface area contributed by atoms with E-state index in [0.29, 0.717) is 32.9 Å². The number of likely N-dealkylation sites (tertiary alicyclic amines) is 1. The van der Waals surface area contributed by atoms with Gasteiger partial charge < -0.3 is 23.8 Å². The Balaban J connectivity index is 1.52. The van der Waals surface area contributed by atoms with Gasteiger partial charge in [-0.2, -0.15) is 0 Å². The number of benzene rings is 1. The van der Waals surface area contributed by atoms with E-state index in [-0.39, 0.29) is 24.6 Å². The molecule has 0 bridgehead atoms. The van der Waals surface area contributed by atoms with Gasteiger partial charge in [-0.05, 0) is 51.7 Å². The molecule has 0 aliphatic carbocycles. The first-order chi connectivity index (χ1) is 13.3. The summed E-state index contributed by atoms with van der Waals surface area (Å²) in [4.78, 5) is 25.5. The Labute approximate surface area is 166 Å². The Morgan fingerprint density at radius 1 is 1.07 bits per heavy atom. The van der Waals surface area contributed by atoms with Gasteiger partial charge in [0, 0.05) is 13.1 Å². The Hall–Kier alpha value is -2.28. The summed E-state index contributed by atoms with van der Waals surface area (Å²) < 4.78 is 21.4. The number of carbonyl (C=O) groups is 2. The van der Waals surface area contributed by atoms with Crippen LogP contribution in [0.15, 0.2) is 30.3 Å². The van der Waals surface area contributed by atoms with Crippen molar-refractivity contribution in [2.75, 3.05) is 39.5 Å². The van der Waals surface area contributed by atoms with E-state index >= 15 is 0 Å². The number of rotatable bonds is 8. The van der Waals surface area contributed by atoms with E-state index in [1.807, 2.05) is 51.1 Å². The van der Waals surface area contributed by atoms with Crippen LogP contribution in [0.2, 0.25) is 0 Å². The van der Waals surface area contributed by atoms with Crippen LogP contribution in [0.3, 0.4) is 0 Å². The van der Waals surface area contributed by atoms with Crippen LogP contribution >= 0.6 is 0 Å². The predicted molar refractivity (Wildman–Crippen MR) is 104 cm³/mol. The Bertz CT molecular complexity index is 605. The van der Waals surface area contributed by atoms with Crippen LogP contribution in [0.1, 0.15) is 33.6 Å². The molecule has 0 radical (unpaired) electrons. The third kappa shape index (κ3) is 8.61. The van der Waals surface area contributed by atoms with Crippen molar-refractivity contribution in [3.63, 3.8) is 0 Å². The van der Waals surface area contributed by atoms with Crippen LogP contribution < -0.4 is 4.74 Å². The lowest BCUT2D eigenvalue weighted by atomic mass is 9.98. The van der Waals surface area contributed by atoms with Crippen LogP contribution in [0, 0.1) is 5.92 Å². The molecule has 7 nitrogen and oxygen atoms in total. The molecule has 156 valence electrons. The minimum Gasteiger partial charge on any atom is -0.491 e. The number of carbonyl (C=O) groups excluding carboxylic acids is 2. The van der Waals surface area contributed by atoms with Crippen molar-refractivity contribution >= 4 is 12.1 Å². The van der Waals surface area contributed by atoms with Gasteiger partial charge in [0.05, 0.1) is 13.2 Å². The van der Waals surface area contributed by atoms with Crippen molar-refractivity contribution < 1.29 is 28.5 Å². The summed E-state index contributed by atoms with van der Waals surface area (Å²) in [7, 11) is 0. The molecule has 1 saturated heterocycles. The van der Waals surface area contributed by atoms with Gasteiger partial charge in [-0.1, -0.05) is 18.2 Å². The van der Waals surface area contributed by atoms with Crippen molar-refractivity contribution in [3.05, 3.63) is 30.3 Å². The van der Waals surface area contributed by atoms with E-state index in [0.717, 1.165) is 18.6 Å². The maximum atomic E-state index is 12.0. The Morgan fingerprint density at radius 2 is 1.75 bits per heavy atom. The molecule has 1 aliphatic heterocycles. The predicted octanol–water partition coefficient (Wildman–Crippen LogP) is 3.27. The number of hydrogen-bond acceptors (Lipinski definition) is 6.